The third-order valence-corrected chi connectivity index (χ3v) is 4.64. The molecule has 1 aliphatic rings. The smallest absolute Gasteiger partial charge is 0.207 e. The molecule has 1 aromatic rings. The van der Waals surface area contributed by atoms with Crippen LogP contribution in [0.25, 0.3) is 0 Å². The first-order chi connectivity index (χ1) is 7.43. The van der Waals surface area contributed by atoms with Crippen molar-refractivity contribution in [2.45, 2.75) is 36.6 Å². The van der Waals surface area contributed by atoms with E-state index >= 15 is 0 Å². The van der Waals surface area contributed by atoms with E-state index in [1.165, 1.54) is 18.2 Å². The van der Waals surface area contributed by atoms with Crippen LogP contribution >= 0.6 is 0 Å². The lowest BCUT2D eigenvalue weighted by Gasteiger charge is -2.38. The molecular formula is C11H14FNO2S. The van der Waals surface area contributed by atoms with Gasteiger partial charge in [0.1, 0.15) is 10.7 Å². The summed E-state index contributed by atoms with van der Waals surface area (Å²) in [5, 5.41) is 0. The largest absolute Gasteiger partial charge is 0.243 e. The van der Waals surface area contributed by atoms with Crippen molar-refractivity contribution in [3.05, 3.63) is 30.1 Å². The number of benzene rings is 1. The molecule has 1 N–H and O–H groups in total. The summed E-state index contributed by atoms with van der Waals surface area (Å²) in [6, 6.07) is 5.41. The minimum absolute atomic E-state index is 0.275. The van der Waals surface area contributed by atoms with E-state index < -0.39 is 21.4 Å². The maximum Gasteiger partial charge on any atom is 0.243 e. The molecule has 1 saturated carbocycles. The van der Waals surface area contributed by atoms with E-state index in [1.54, 1.807) is 0 Å². The van der Waals surface area contributed by atoms with Gasteiger partial charge in [0.2, 0.25) is 10.0 Å². The molecule has 0 saturated heterocycles. The Labute approximate surface area is 94.7 Å². The maximum atomic E-state index is 13.4. The second kappa shape index (κ2) is 3.82. The third-order valence-electron chi connectivity index (χ3n) is 2.96. The molecule has 3 nitrogen and oxygen atoms in total. The van der Waals surface area contributed by atoms with E-state index in [-0.39, 0.29) is 4.90 Å². The first-order valence-corrected chi connectivity index (χ1v) is 6.70. The lowest BCUT2D eigenvalue weighted by atomic mass is 9.80. The van der Waals surface area contributed by atoms with Crippen molar-refractivity contribution in [1.82, 2.24) is 4.72 Å². The Morgan fingerprint density at radius 3 is 2.44 bits per heavy atom. The van der Waals surface area contributed by atoms with Gasteiger partial charge in [-0.25, -0.2) is 17.5 Å². The fraction of sp³-hybridized carbons (Fsp3) is 0.455. The van der Waals surface area contributed by atoms with E-state index in [0.29, 0.717) is 0 Å². The molecule has 0 bridgehead atoms. The average molecular weight is 243 g/mol. The number of hydrogen-bond acceptors (Lipinski definition) is 2. The first kappa shape index (κ1) is 11.5. The van der Waals surface area contributed by atoms with Gasteiger partial charge >= 0.3 is 0 Å². The third kappa shape index (κ3) is 2.10. The van der Waals surface area contributed by atoms with Gasteiger partial charge in [-0.2, -0.15) is 0 Å². The average Bonchev–Trinajstić information content (AvgIpc) is 2.15. The highest BCUT2D eigenvalue weighted by atomic mass is 32.2. The van der Waals surface area contributed by atoms with E-state index in [1.807, 2.05) is 6.92 Å². The predicted octanol–water partition coefficient (Wildman–Crippen LogP) is 2.05. The van der Waals surface area contributed by atoms with Crippen molar-refractivity contribution in [3.8, 4) is 0 Å². The normalized spacial score (nSPS) is 19.1. The minimum Gasteiger partial charge on any atom is -0.207 e. The summed E-state index contributed by atoms with van der Waals surface area (Å²) in [7, 11) is -3.73. The molecule has 0 amide bonds. The topological polar surface area (TPSA) is 46.2 Å². The molecule has 0 spiro atoms. The van der Waals surface area contributed by atoms with Gasteiger partial charge in [-0.1, -0.05) is 12.1 Å². The summed E-state index contributed by atoms with van der Waals surface area (Å²) in [6.45, 7) is 1.84. The van der Waals surface area contributed by atoms with Gasteiger partial charge in [0.25, 0.3) is 0 Å². The number of sulfonamides is 1. The molecule has 5 heteroatoms. The molecule has 2 rings (SSSR count). The highest BCUT2D eigenvalue weighted by molar-refractivity contribution is 7.89. The number of hydrogen-bond donors (Lipinski definition) is 1. The van der Waals surface area contributed by atoms with Crippen LogP contribution in [0.5, 0.6) is 0 Å². The van der Waals surface area contributed by atoms with Crippen LogP contribution in [0.3, 0.4) is 0 Å². The summed E-state index contributed by atoms with van der Waals surface area (Å²) < 4.78 is 39.7. The number of halogens is 1. The van der Waals surface area contributed by atoms with Crippen LogP contribution in [0.2, 0.25) is 0 Å². The molecule has 0 unspecified atom stereocenters. The summed E-state index contributed by atoms with van der Waals surface area (Å²) in [5.74, 6) is -0.710. The Balaban J connectivity index is 2.29. The highest BCUT2D eigenvalue weighted by Gasteiger charge is 2.36. The summed E-state index contributed by atoms with van der Waals surface area (Å²) in [6.07, 6.45) is 2.62. The van der Waals surface area contributed by atoms with Crippen LogP contribution in [0, 0.1) is 5.82 Å². The molecule has 0 radical (unpaired) electrons. The monoisotopic (exact) mass is 243 g/mol. The fourth-order valence-electron chi connectivity index (χ4n) is 1.85. The standard InChI is InChI=1S/C11H14FNO2S/c1-11(7-4-8-11)13-16(14,15)10-6-3-2-5-9(10)12/h2-3,5-6,13H,4,7-8H2,1H3. The summed E-state index contributed by atoms with van der Waals surface area (Å²) in [5.41, 5.74) is -0.402. The number of nitrogens with one attached hydrogen (secondary N) is 1. The van der Waals surface area contributed by atoms with Crippen molar-refractivity contribution < 1.29 is 12.8 Å². The van der Waals surface area contributed by atoms with E-state index in [2.05, 4.69) is 4.72 Å². The minimum atomic E-state index is -3.73. The van der Waals surface area contributed by atoms with Crippen LogP contribution in [-0.4, -0.2) is 14.0 Å². The molecule has 1 fully saturated rings. The SMILES string of the molecule is CC1(NS(=O)(=O)c2ccccc2F)CCC1. The van der Waals surface area contributed by atoms with Crippen molar-refractivity contribution >= 4 is 10.0 Å². The van der Waals surface area contributed by atoms with Crippen molar-refractivity contribution in [3.63, 3.8) is 0 Å². The zero-order valence-corrected chi connectivity index (χ0v) is 9.85. The predicted molar refractivity (Wildman–Crippen MR) is 59.0 cm³/mol. The van der Waals surface area contributed by atoms with Crippen molar-refractivity contribution in [2.75, 3.05) is 0 Å². The second-order valence-electron chi connectivity index (χ2n) is 4.45. The summed E-state index contributed by atoms with van der Waals surface area (Å²) >= 11 is 0. The molecule has 1 aromatic carbocycles. The Morgan fingerprint density at radius 1 is 1.31 bits per heavy atom. The molecular weight excluding hydrogens is 229 g/mol. The molecule has 0 aromatic heterocycles. The van der Waals surface area contributed by atoms with Crippen LogP contribution in [0.4, 0.5) is 4.39 Å². The van der Waals surface area contributed by atoms with Gasteiger partial charge in [0.05, 0.1) is 0 Å². The van der Waals surface area contributed by atoms with E-state index in [4.69, 9.17) is 0 Å². The molecule has 1 aliphatic carbocycles. The molecule has 0 aliphatic heterocycles. The zero-order valence-electron chi connectivity index (χ0n) is 9.03. The highest BCUT2D eigenvalue weighted by Crippen LogP contribution is 2.32. The van der Waals surface area contributed by atoms with Gasteiger partial charge in [0, 0.05) is 5.54 Å². The second-order valence-corrected chi connectivity index (χ2v) is 6.10. The lowest BCUT2D eigenvalue weighted by Crippen LogP contribution is -2.50. The molecule has 0 heterocycles. The molecule has 88 valence electrons. The first-order valence-electron chi connectivity index (χ1n) is 5.22. The summed E-state index contributed by atoms with van der Waals surface area (Å²) in [4.78, 5) is -0.275. The zero-order chi connectivity index (χ0) is 11.8. The number of rotatable bonds is 3. The Kier molecular flexibility index (Phi) is 2.75. The quantitative estimate of drug-likeness (QED) is 0.883. The van der Waals surface area contributed by atoms with E-state index in [0.717, 1.165) is 25.3 Å². The van der Waals surface area contributed by atoms with Gasteiger partial charge in [0.15, 0.2) is 0 Å². The van der Waals surface area contributed by atoms with Crippen LogP contribution in [-0.2, 0) is 10.0 Å². The van der Waals surface area contributed by atoms with Crippen LogP contribution < -0.4 is 4.72 Å². The van der Waals surface area contributed by atoms with Gasteiger partial charge < -0.3 is 0 Å². The Hall–Kier alpha value is -0.940. The van der Waals surface area contributed by atoms with Gasteiger partial charge in [-0.05, 0) is 38.3 Å². The molecule has 0 atom stereocenters. The Morgan fingerprint density at radius 2 is 1.94 bits per heavy atom. The van der Waals surface area contributed by atoms with Gasteiger partial charge in [-0.15, -0.1) is 0 Å². The Bertz CT molecular complexity index is 494. The van der Waals surface area contributed by atoms with Crippen molar-refractivity contribution in [1.29, 1.82) is 0 Å². The van der Waals surface area contributed by atoms with Crippen LogP contribution in [0.1, 0.15) is 26.2 Å². The fourth-order valence-corrected chi connectivity index (χ4v) is 3.40. The molecule has 16 heavy (non-hydrogen) atoms. The van der Waals surface area contributed by atoms with Gasteiger partial charge in [-0.3, -0.25) is 0 Å². The van der Waals surface area contributed by atoms with Crippen molar-refractivity contribution in [2.24, 2.45) is 0 Å². The van der Waals surface area contributed by atoms with E-state index in [9.17, 15) is 12.8 Å². The van der Waals surface area contributed by atoms with Crippen LogP contribution in [0.15, 0.2) is 29.2 Å². The maximum absolute atomic E-state index is 13.4. The lowest BCUT2D eigenvalue weighted by molar-refractivity contribution is 0.247.